The Bertz CT molecular complexity index is 392. The van der Waals surface area contributed by atoms with E-state index in [-0.39, 0.29) is 0 Å². The number of hydrogen-bond donors (Lipinski definition) is 1. The standard InChI is InChI=1S/C11H15N3S/c1-2-4-14-8-10(7-13-14)6-12-11-3-5-15-9-11/h3,5,7-9,12H,2,4,6H2,1H3. The average molecular weight is 221 g/mol. The molecule has 3 nitrogen and oxygen atoms in total. The molecule has 2 aromatic rings. The minimum atomic E-state index is 0.848. The molecular formula is C11H15N3S. The summed E-state index contributed by atoms with van der Waals surface area (Å²) in [6, 6.07) is 2.08. The molecule has 0 saturated heterocycles. The second-order valence-electron chi connectivity index (χ2n) is 3.48. The molecule has 0 aliphatic rings. The molecule has 1 N–H and O–H groups in total. The van der Waals surface area contributed by atoms with Crippen molar-refractivity contribution in [1.29, 1.82) is 0 Å². The monoisotopic (exact) mass is 221 g/mol. The minimum Gasteiger partial charge on any atom is -0.380 e. The largest absolute Gasteiger partial charge is 0.380 e. The quantitative estimate of drug-likeness (QED) is 0.841. The zero-order chi connectivity index (χ0) is 10.5. The second kappa shape index (κ2) is 4.98. The molecule has 2 heterocycles. The molecule has 2 rings (SSSR count). The van der Waals surface area contributed by atoms with Crippen LogP contribution >= 0.6 is 11.3 Å². The third-order valence-electron chi connectivity index (χ3n) is 2.16. The number of rotatable bonds is 5. The van der Waals surface area contributed by atoms with E-state index in [0.29, 0.717) is 0 Å². The number of nitrogens with one attached hydrogen (secondary N) is 1. The fourth-order valence-electron chi connectivity index (χ4n) is 1.42. The van der Waals surface area contributed by atoms with Gasteiger partial charge in [-0.2, -0.15) is 16.4 Å². The van der Waals surface area contributed by atoms with Crippen LogP contribution < -0.4 is 5.32 Å². The van der Waals surface area contributed by atoms with E-state index in [1.165, 1.54) is 11.3 Å². The van der Waals surface area contributed by atoms with Gasteiger partial charge in [-0.1, -0.05) is 6.92 Å². The average Bonchev–Trinajstić information content (AvgIpc) is 2.85. The van der Waals surface area contributed by atoms with E-state index in [2.05, 4.69) is 40.4 Å². The molecule has 0 radical (unpaired) electrons. The van der Waals surface area contributed by atoms with Crippen molar-refractivity contribution in [2.75, 3.05) is 5.32 Å². The van der Waals surface area contributed by atoms with Crippen LogP contribution in [0.15, 0.2) is 29.2 Å². The highest BCUT2D eigenvalue weighted by Gasteiger charge is 1.98. The van der Waals surface area contributed by atoms with Gasteiger partial charge in [0, 0.05) is 35.9 Å². The lowest BCUT2D eigenvalue weighted by molar-refractivity contribution is 0.602. The van der Waals surface area contributed by atoms with Crippen LogP contribution in [-0.2, 0) is 13.1 Å². The Kier molecular flexibility index (Phi) is 3.40. The maximum absolute atomic E-state index is 4.29. The van der Waals surface area contributed by atoms with Gasteiger partial charge in [-0.25, -0.2) is 0 Å². The summed E-state index contributed by atoms with van der Waals surface area (Å²) in [7, 11) is 0. The van der Waals surface area contributed by atoms with Gasteiger partial charge in [-0.15, -0.1) is 0 Å². The first-order chi connectivity index (χ1) is 7.38. The van der Waals surface area contributed by atoms with Crippen LogP contribution in [0.1, 0.15) is 18.9 Å². The molecule has 2 aromatic heterocycles. The van der Waals surface area contributed by atoms with E-state index in [4.69, 9.17) is 0 Å². The molecule has 0 spiro atoms. The van der Waals surface area contributed by atoms with Crippen LogP contribution in [0.5, 0.6) is 0 Å². The Morgan fingerprint density at radius 1 is 1.53 bits per heavy atom. The predicted molar refractivity (Wildman–Crippen MR) is 64.2 cm³/mol. The SMILES string of the molecule is CCCn1cc(CNc2ccsc2)cn1. The van der Waals surface area contributed by atoms with Crippen molar-refractivity contribution in [2.24, 2.45) is 0 Å². The Morgan fingerprint density at radius 2 is 2.47 bits per heavy atom. The van der Waals surface area contributed by atoms with E-state index in [9.17, 15) is 0 Å². The summed E-state index contributed by atoms with van der Waals surface area (Å²) in [6.07, 6.45) is 5.15. The third-order valence-corrected chi connectivity index (χ3v) is 2.84. The molecule has 0 aromatic carbocycles. The topological polar surface area (TPSA) is 29.9 Å². The van der Waals surface area contributed by atoms with Gasteiger partial charge < -0.3 is 5.32 Å². The lowest BCUT2D eigenvalue weighted by atomic mass is 10.3. The van der Waals surface area contributed by atoms with Gasteiger partial charge in [0.15, 0.2) is 0 Å². The van der Waals surface area contributed by atoms with Crippen molar-refractivity contribution in [3.05, 3.63) is 34.8 Å². The molecule has 0 aliphatic carbocycles. The summed E-state index contributed by atoms with van der Waals surface area (Å²) in [4.78, 5) is 0. The zero-order valence-electron chi connectivity index (χ0n) is 8.81. The molecule has 0 aliphatic heterocycles. The highest BCUT2D eigenvalue weighted by atomic mass is 32.1. The molecule has 0 saturated carbocycles. The fourth-order valence-corrected chi connectivity index (χ4v) is 2.03. The number of aromatic nitrogens is 2. The number of anilines is 1. The third kappa shape index (κ3) is 2.83. The Labute approximate surface area is 93.7 Å². The van der Waals surface area contributed by atoms with Crippen LogP contribution in [-0.4, -0.2) is 9.78 Å². The van der Waals surface area contributed by atoms with Crippen molar-refractivity contribution in [3.63, 3.8) is 0 Å². The summed E-state index contributed by atoms with van der Waals surface area (Å²) >= 11 is 1.70. The Morgan fingerprint density at radius 3 is 3.20 bits per heavy atom. The molecule has 4 heteroatoms. The van der Waals surface area contributed by atoms with Gasteiger partial charge in [0.1, 0.15) is 0 Å². The summed E-state index contributed by atoms with van der Waals surface area (Å²) in [6.45, 7) is 4.00. The molecule has 80 valence electrons. The van der Waals surface area contributed by atoms with Crippen LogP contribution in [0.3, 0.4) is 0 Å². The normalized spacial score (nSPS) is 10.5. The summed E-state index contributed by atoms with van der Waals surface area (Å²) in [5.41, 5.74) is 2.41. The summed E-state index contributed by atoms with van der Waals surface area (Å²) in [5.74, 6) is 0. The molecule has 0 amide bonds. The van der Waals surface area contributed by atoms with Crippen molar-refractivity contribution in [3.8, 4) is 0 Å². The van der Waals surface area contributed by atoms with E-state index in [0.717, 1.165) is 19.5 Å². The van der Waals surface area contributed by atoms with Crippen LogP contribution in [0, 0.1) is 0 Å². The highest BCUT2D eigenvalue weighted by molar-refractivity contribution is 7.08. The predicted octanol–water partition coefficient (Wildman–Crippen LogP) is 2.97. The van der Waals surface area contributed by atoms with Gasteiger partial charge in [0.05, 0.1) is 6.20 Å². The highest BCUT2D eigenvalue weighted by Crippen LogP contribution is 2.13. The van der Waals surface area contributed by atoms with E-state index in [1.807, 2.05) is 10.9 Å². The molecule has 0 unspecified atom stereocenters. The molecular weight excluding hydrogens is 206 g/mol. The van der Waals surface area contributed by atoms with Crippen molar-refractivity contribution in [2.45, 2.75) is 26.4 Å². The van der Waals surface area contributed by atoms with Gasteiger partial charge in [0.25, 0.3) is 0 Å². The Balaban J connectivity index is 1.88. The number of aryl methyl sites for hydroxylation is 1. The lowest BCUT2D eigenvalue weighted by Gasteiger charge is -2.00. The maximum atomic E-state index is 4.29. The number of hydrogen-bond acceptors (Lipinski definition) is 3. The van der Waals surface area contributed by atoms with Gasteiger partial charge in [-0.05, 0) is 17.9 Å². The van der Waals surface area contributed by atoms with Gasteiger partial charge >= 0.3 is 0 Å². The summed E-state index contributed by atoms with van der Waals surface area (Å²) < 4.78 is 1.99. The molecule has 15 heavy (non-hydrogen) atoms. The van der Waals surface area contributed by atoms with Gasteiger partial charge in [0.2, 0.25) is 0 Å². The molecule has 0 atom stereocenters. The Hall–Kier alpha value is -1.29. The van der Waals surface area contributed by atoms with E-state index >= 15 is 0 Å². The first kappa shape index (κ1) is 10.2. The van der Waals surface area contributed by atoms with Gasteiger partial charge in [-0.3, -0.25) is 4.68 Å². The van der Waals surface area contributed by atoms with Crippen molar-refractivity contribution >= 4 is 17.0 Å². The number of thiophene rings is 1. The summed E-state index contributed by atoms with van der Waals surface area (Å²) in [5, 5.41) is 11.8. The first-order valence-electron chi connectivity index (χ1n) is 5.16. The first-order valence-corrected chi connectivity index (χ1v) is 6.10. The second-order valence-corrected chi connectivity index (χ2v) is 4.26. The van der Waals surface area contributed by atoms with Crippen molar-refractivity contribution < 1.29 is 0 Å². The molecule has 0 fully saturated rings. The maximum Gasteiger partial charge on any atom is 0.0539 e. The van der Waals surface area contributed by atoms with Crippen molar-refractivity contribution in [1.82, 2.24) is 9.78 Å². The van der Waals surface area contributed by atoms with Crippen LogP contribution in [0.25, 0.3) is 0 Å². The van der Waals surface area contributed by atoms with Crippen LogP contribution in [0.4, 0.5) is 5.69 Å². The smallest absolute Gasteiger partial charge is 0.0539 e. The van der Waals surface area contributed by atoms with Crippen LogP contribution in [0.2, 0.25) is 0 Å². The fraction of sp³-hybridized carbons (Fsp3) is 0.364. The number of nitrogens with zero attached hydrogens (tertiary/aromatic N) is 2. The van der Waals surface area contributed by atoms with E-state index < -0.39 is 0 Å². The minimum absolute atomic E-state index is 0.848. The van der Waals surface area contributed by atoms with E-state index in [1.54, 1.807) is 11.3 Å². The zero-order valence-corrected chi connectivity index (χ0v) is 9.63. The lowest BCUT2D eigenvalue weighted by Crippen LogP contribution is -1.98. The molecule has 0 bridgehead atoms.